The van der Waals surface area contributed by atoms with E-state index < -0.39 is 0 Å². The molecule has 0 heterocycles. The van der Waals surface area contributed by atoms with Crippen molar-refractivity contribution < 1.29 is 18.9 Å². The fraction of sp³-hybridized carbons (Fsp3) is 0.727. The van der Waals surface area contributed by atoms with Crippen molar-refractivity contribution in [1.29, 1.82) is 0 Å². The van der Waals surface area contributed by atoms with Crippen molar-refractivity contribution in [2.45, 2.75) is 40.5 Å². The lowest BCUT2D eigenvalue weighted by Gasteiger charge is -2.17. The lowest BCUT2D eigenvalue weighted by molar-refractivity contribution is 0.00633. The van der Waals surface area contributed by atoms with E-state index in [9.17, 15) is 0 Å². The van der Waals surface area contributed by atoms with E-state index in [1.165, 1.54) is 11.1 Å². The molecule has 0 aliphatic carbocycles. The first-order valence-electron chi connectivity index (χ1n) is 10.3. The average molecular weight is 382 g/mol. The van der Waals surface area contributed by atoms with Crippen LogP contribution in [0.3, 0.4) is 0 Å². The van der Waals surface area contributed by atoms with Gasteiger partial charge in [0.25, 0.3) is 0 Å². The molecule has 1 aromatic rings. The van der Waals surface area contributed by atoms with E-state index in [1.807, 2.05) is 0 Å². The van der Waals surface area contributed by atoms with E-state index >= 15 is 0 Å². The Kier molecular flexibility index (Phi) is 13.2. The average Bonchev–Trinajstić information content (AvgIpc) is 2.65. The van der Waals surface area contributed by atoms with Crippen LogP contribution in [0.4, 0.5) is 0 Å². The van der Waals surface area contributed by atoms with Gasteiger partial charge in [0, 0.05) is 6.54 Å². The highest BCUT2D eigenvalue weighted by molar-refractivity contribution is 5.39. The Labute approximate surface area is 165 Å². The van der Waals surface area contributed by atoms with Crippen molar-refractivity contribution in [1.82, 2.24) is 4.90 Å². The van der Waals surface area contributed by atoms with Crippen molar-refractivity contribution in [2.24, 2.45) is 0 Å². The molecule has 1 aromatic carbocycles. The molecule has 0 saturated heterocycles. The van der Waals surface area contributed by atoms with E-state index in [2.05, 4.69) is 57.7 Å². The maximum atomic E-state index is 5.90. The van der Waals surface area contributed by atoms with E-state index in [4.69, 9.17) is 18.9 Å². The van der Waals surface area contributed by atoms with Gasteiger partial charge in [-0.15, -0.1) is 0 Å². The predicted molar refractivity (Wildman–Crippen MR) is 111 cm³/mol. The molecule has 0 aromatic heterocycles. The number of rotatable bonds is 16. The molecule has 27 heavy (non-hydrogen) atoms. The SMILES string of the molecule is CCN(CC)CCOCCOCCOCCOc1cc(C)ccc1C(C)C. The molecule has 156 valence electrons. The van der Waals surface area contributed by atoms with Gasteiger partial charge in [-0.05, 0) is 43.1 Å². The van der Waals surface area contributed by atoms with Crippen LogP contribution in [-0.4, -0.2) is 70.8 Å². The van der Waals surface area contributed by atoms with Gasteiger partial charge >= 0.3 is 0 Å². The highest BCUT2D eigenvalue weighted by atomic mass is 16.6. The molecule has 0 fully saturated rings. The number of benzene rings is 1. The van der Waals surface area contributed by atoms with Crippen molar-refractivity contribution in [3.63, 3.8) is 0 Å². The maximum Gasteiger partial charge on any atom is 0.123 e. The molecule has 0 bridgehead atoms. The Hall–Kier alpha value is -1.14. The standard InChI is InChI=1S/C22H39NO4/c1-6-23(7-2)10-11-24-12-13-25-14-15-26-16-17-27-22-18-20(5)8-9-21(22)19(3)4/h8-9,18-19H,6-7,10-17H2,1-5H3. The summed E-state index contributed by atoms with van der Waals surface area (Å²) in [4.78, 5) is 2.34. The summed E-state index contributed by atoms with van der Waals surface area (Å²) < 4.78 is 22.6. The van der Waals surface area contributed by atoms with Crippen molar-refractivity contribution in [3.05, 3.63) is 29.3 Å². The zero-order valence-corrected chi connectivity index (χ0v) is 18.0. The van der Waals surface area contributed by atoms with Crippen LogP contribution < -0.4 is 4.74 Å². The molecule has 0 unspecified atom stereocenters. The minimum Gasteiger partial charge on any atom is -0.491 e. The normalized spacial score (nSPS) is 11.5. The number of nitrogens with zero attached hydrogens (tertiary/aromatic N) is 1. The smallest absolute Gasteiger partial charge is 0.123 e. The summed E-state index contributed by atoms with van der Waals surface area (Å²) in [6.07, 6.45) is 0. The van der Waals surface area contributed by atoms with Crippen LogP contribution in [0.15, 0.2) is 18.2 Å². The van der Waals surface area contributed by atoms with Gasteiger partial charge in [-0.1, -0.05) is 39.8 Å². The summed E-state index contributed by atoms with van der Waals surface area (Å²) in [5.41, 5.74) is 2.45. The first-order valence-corrected chi connectivity index (χ1v) is 10.3. The lowest BCUT2D eigenvalue weighted by atomic mass is 10.0. The van der Waals surface area contributed by atoms with Gasteiger partial charge < -0.3 is 23.8 Å². The first kappa shape index (κ1) is 23.9. The number of hydrogen-bond acceptors (Lipinski definition) is 5. The Morgan fingerprint density at radius 1 is 0.815 bits per heavy atom. The number of aryl methyl sites for hydroxylation is 1. The van der Waals surface area contributed by atoms with E-state index in [0.717, 1.165) is 32.0 Å². The second-order valence-electron chi connectivity index (χ2n) is 6.91. The molecule has 0 spiro atoms. The van der Waals surface area contributed by atoms with Gasteiger partial charge in [0.15, 0.2) is 0 Å². The van der Waals surface area contributed by atoms with Gasteiger partial charge in [0.05, 0.1) is 39.6 Å². The quantitative estimate of drug-likeness (QED) is 0.406. The molecular weight excluding hydrogens is 342 g/mol. The zero-order valence-electron chi connectivity index (χ0n) is 18.0. The minimum atomic E-state index is 0.448. The van der Waals surface area contributed by atoms with Crippen LogP contribution >= 0.6 is 0 Å². The highest BCUT2D eigenvalue weighted by Crippen LogP contribution is 2.27. The van der Waals surface area contributed by atoms with E-state index in [-0.39, 0.29) is 0 Å². The number of ether oxygens (including phenoxy) is 4. The zero-order chi connectivity index (χ0) is 19.9. The second kappa shape index (κ2) is 14.9. The van der Waals surface area contributed by atoms with E-state index in [1.54, 1.807) is 0 Å². The van der Waals surface area contributed by atoms with Crippen LogP contribution in [0.1, 0.15) is 44.7 Å². The molecule has 5 nitrogen and oxygen atoms in total. The summed E-state index contributed by atoms with van der Waals surface area (Å²) >= 11 is 0. The molecular formula is C22H39NO4. The molecule has 0 N–H and O–H groups in total. The Morgan fingerprint density at radius 2 is 1.37 bits per heavy atom. The van der Waals surface area contributed by atoms with Crippen LogP contribution in [-0.2, 0) is 14.2 Å². The number of hydrogen-bond donors (Lipinski definition) is 0. The highest BCUT2D eigenvalue weighted by Gasteiger charge is 2.07. The van der Waals surface area contributed by atoms with Crippen LogP contribution in [0.2, 0.25) is 0 Å². The maximum absolute atomic E-state index is 5.90. The summed E-state index contributed by atoms with van der Waals surface area (Å²) in [6.45, 7) is 18.2. The Balaban J connectivity index is 1.99. The third kappa shape index (κ3) is 10.7. The van der Waals surface area contributed by atoms with Crippen molar-refractivity contribution in [3.8, 4) is 5.75 Å². The number of likely N-dealkylation sites (N-methyl/N-ethyl adjacent to an activating group) is 1. The van der Waals surface area contributed by atoms with Gasteiger partial charge in [0.1, 0.15) is 12.4 Å². The summed E-state index contributed by atoms with van der Waals surface area (Å²) in [5.74, 6) is 1.41. The topological polar surface area (TPSA) is 40.2 Å². The molecule has 0 aliphatic heterocycles. The third-order valence-corrected chi connectivity index (χ3v) is 4.47. The fourth-order valence-corrected chi connectivity index (χ4v) is 2.73. The van der Waals surface area contributed by atoms with Crippen molar-refractivity contribution in [2.75, 3.05) is 65.9 Å². The first-order chi connectivity index (χ1) is 13.1. The van der Waals surface area contributed by atoms with E-state index in [0.29, 0.717) is 45.6 Å². The third-order valence-electron chi connectivity index (χ3n) is 4.47. The summed E-state index contributed by atoms with van der Waals surface area (Å²) in [6, 6.07) is 6.37. The van der Waals surface area contributed by atoms with Gasteiger partial charge in [0.2, 0.25) is 0 Å². The van der Waals surface area contributed by atoms with Gasteiger partial charge in [-0.25, -0.2) is 0 Å². The van der Waals surface area contributed by atoms with Crippen LogP contribution in [0.25, 0.3) is 0 Å². The predicted octanol–water partition coefficient (Wildman–Crippen LogP) is 3.89. The second-order valence-corrected chi connectivity index (χ2v) is 6.91. The molecule has 0 atom stereocenters. The monoisotopic (exact) mass is 381 g/mol. The molecule has 5 heteroatoms. The molecule has 0 aliphatic rings. The Morgan fingerprint density at radius 3 is 1.93 bits per heavy atom. The van der Waals surface area contributed by atoms with Crippen LogP contribution in [0.5, 0.6) is 5.75 Å². The molecule has 1 rings (SSSR count). The van der Waals surface area contributed by atoms with Gasteiger partial charge in [-0.3, -0.25) is 0 Å². The summed E-state index contributed by atoms with van der Waals surface area (Å²) in [5, 5.41) is 0. The van der Waals surface area contributed by atoms with Gasteiger partial charge in [-0.2, -0.15) is 0 Å². The molecule has 0 saturated carbocycles. The largest absolute Gasteiger partial charge is 0.491 e. The van der Waals surface area contributed by atoms with Crippen molar-refractivity contribution >= 4 is 0 Å². The summed E-state index contributed by atoms with van der Waals surface area (Å²) in [7, 11) is 0. The Bertz CT molecular complexity index is 489. The van der Waals surface area contributed by atoms with Crippen LogP contribution in [0, 0.1) is 6.92 Å². The fourth-order valence-electron chi connectivity index (χ4n) is 2.73. The molecule has 0 amide bonds. The minimum absolute atomic E-state index is 0.448. The molecule has 0 radical (unpaired) electrons. The lowest BCUT2D eigenvalue weighted by Crippen LogP contribution is -2.27.